The molecule has 0 aliphatic rings. The van der Waals surface area contributed by atoms with Crippen molar-refractivity contribution in [3.8, 4) is 5.88 Å². The van der Waals surface area contributed by atoms with Gasteiger partial charge in [-0.3, -0.25) is 4.79 Å². The second-order valence-electron chi connectivity index (χ2n) is 7.64. The van der Waals surface area contributed by atoms with Crippen LogP contribution in [0.3, 0.4) is 0 Å². The first kappa shape index (κ1) is 22.4. The van der Waals surface area contributed by atoms with E-state index in [0.717, 1.165) is 11.1 Å². The number of hydrogen-bond acceptors (Lipinski definition) is 5. The van der Waals surface area contributed by atoms with Gasteiger partial charge >= 0.3 is 0 Å². The molecule has 1 aromatic heterocycles. The molecule has 1 amide bonds. The number of H-pyrrole nitrogens is 1. The average molecular weight is 463 g/mol. The molecule has 1 heterocycles. The highest BCUT2D eigenvalue weighted by Crippen LogP contribution is 2.35. The van der Waals surface area contributed by atoms with Crippen molar-refractivity contribution in [2.24, 2.45) is 10.2 Å². The van der Waals surface area contributed by atoms with E-state index < -0.39 is 15.9 Å². The number of azo groups is 1. The Morgan fingerprint density at radius 1 is 1.00 bits per heavy atom. The highest BCUT2D eigenvalue weighted by atomic mass is 32.2. The minimum atomic E-state index is -3.63. The zero-order chi connectivity index (χ0) is 23.6. The smallest absolute Gasteiger partial charge is 0.295 e. The van der Waals surface area contributed by atoms with Gasteiger partial charge in [-0.25, -0.2) is 8.42 Å². The minimum Gasteiger partial charge on any atom is -0.493 e. The van der Waals surface area contributed by atoms with Crippen molar-refractivity contribution in [3.05, 3.63) is 89.5 Å². The van der Waals surface area contributed by atoms with Crippen molar-refractivity contribution in [3.63, 3.8) is 0 Å². The molecule has 8 nitrogen and oxygen atoms in total. The van der Waals surface area contributed by atoms with E-state index in [2.05, 4.69) is 15.2 Å². The topological polar surface area (TPSA) is 115 Å². The van der Waals surface area contributed by atoms with Crippen LogP contribution in [0.25, 0.3) is 10.9 Å². The molecule has 0 radical (unpaired) electrons. The van der Waals surface area contributed by atoms with E-state index in [4.69, 9.17) is 0 Å². The molecule has 4 rings (SSSR count). The Balaban J connectivity index is 1.46. The van der Waals surface area contributed by atoms with Crippen molar-refractivity contribution in [1.29, 1.82) is 0 Å². The second kappa shape index (κ2) is 8.97. The van der Waals surface area contributed by atoms with E-state index in [-0.39, 0.29) is 23.0 Å². The highest BCUT2D eigenvalue weighted by Gasteiger charge is 2.21. The fraction of sp³-hybridized carbons (Fsp3) is 0.125. The van der Waals surface area contributed by atoms with Crippen molar-refractivity contribution >= 4 is 32.5 Å². The van der Waals surface area contributed by atoms with E-state index in [9.17, 15) is 18.3 Å². The number of sulfonamides is 1. The predicted octanol–water partition coefficient (Wildman–Crippen LogP) is 4.93. The number of aromatic amines is 1. The number of aromatic nitrogens is 1. The number of carbonyl (C=O) groups excluding carboxylic acids is 1. The lowest BCUT2D eigenvalue weighted by Gasteiger charge is -2.17. The van der Waals surface area contributed by atoms with Gasteiger partial charge in [0, 0.05) is 24.5 Å². The van der Waals surface area contributed by atoms with Gasteiger partial charge in [0.15, 0.2) is 5.69 Å². The Hall–Kier alpha value is -3.82. The molecule has 9 heteroatoms. The lowest BCUT2D eigenvalue weighted by atomic mass is 10.1. The molecule has 0 spiro atoms. The van der Waals surface area contributed by atoms with E-state index >= 15 is 0 Å². The van der Waals surface area contributed by atoms with Crippen LogP contribution in [0.15, 0.2) is 87.9 Å². The lowest BCUT2D eigenvalue weighted by molar-refractivity contribution is 0.0995. The summed E-state index contributed by atoms with van der Waals surface area (Å²) in [4.78, 5) is 15.4. The monoisotopic (exact) mass is 462 g/mol. The number of rotatable bonds is 6. The largest absolute Gasteiger partial charge is 0.493 e. The fourth-order valence-electron chi connectivity index (χ4n) is 3.35. The summed E-state index contributed by atoms with van der Waals surface area (Å²) >= 11 is 0. The predicted molar refractivity (Wildman–Crippen MR) is 125 cm³/mol. The summed E-state index contributed by atoms with van der Waals surface area (Å²) in [5.74, 6) is -0.743. The fourth-order valence-corrected chi connectivity index (χ4v) is 4.51. The summed E-state index contributed by atoms with van der Waals surface area (Å²) in [5.41, 5.74) is 2.87. The van der Waals surface area contributed by atoms with E-state index in [1.807, 2.05) is 13.0 Å². The zero-order valence-corrected chi connectivity index (χ0v) is 18.9. The van der Waals surface area contributed by atoms with Gasteiger partial charge in [-0.15, -0.1) is 10.2 Å². The van der Waals surface area contributed by atoms with Gasteiger partial charge < -0.3 is 10.1 Å². The number of hydrogen-bond donors (Lipinski definition) is 2. The number of nitrogens with zero attached hydrogens (tertiary/aromatic N) is 3. The molecule has 0 aliphatic carbocycles. The van der Waals surface area contributed by atoms with Crippen molar-refractivity contribution in [2.75, 3.05) is 7.05 Å². The third-order valence-electron chi connectivity index (χ3n) is 5.24. The standard InChI is InChI=1S/C24H22N4O4S/c1-16-7-13-19(14-8-16)33(31,32)28(2)15-17-9-11-18(12-10-17)23(29)27-26-22-20-5-3-4-6-21(20)25-24(22)30/h3-14,25,30H,15H2,1-2H3. The molecule has 0 bridgehead atoms. The molecule has 0 fully saturated rings. The first-order valence-corrected chi connectivity index (χ1v) is 11.6. The lowest BCUT2D eigenvalue weighted by Crippen LogP contribution is -2.26. The van der Waals surface area contributed by atoms with Gasteiger partial charge in [0.05, 0.1) is 10.4 Å². The van der Waals surface area contributed by atoms with Crippen molar-refractivity contribution in [1.82, 2.24) is 9.29 Å². The molecule has 0 saturated heterocycles. The van der Waals surface area contributed by atoms with Crippen LogP contribution in [-0.4, -0.2) is 35.8 Å². The van der Waals surface area contributed by atoms with Gasteiger partial charge in [-0.1, -0.05) is 48.0 Å². The Labute approximate surface area is 191 Å². The van der Waals surface area contributed by atoms with Gasteiger partial charge in [-0.2, -0.15) is 4.31 Å². The molecule has 0 atom stereocenters. The van der Waals surface area contributed by atoms with Gasteiger partial charge in [-0.05, 0) is 42.8 Å². The third-order valence-corrected chi connectivity index (χ3v) is 7.05. The van der Waals surface area contributed by atoms with Gasteiger partial charge in [0.1, 0.15) is 0 Å². The molecule has 33 heavy (non-hydrogen) atoms. The summed E-state index contributed by atoms with van der Waals surface area (Å²) in [5, 5.41) is 18.3. The van der Waals surface area contributed by atoms with Gasteiger partial charge in [0.2, 0.25) is 15.9 Å². The number of aryl methyl sites for hydroxylation is 1. The maximum Gasteiger partial charge on any atom is 0.295 e. The summed E-state index contributed by atoms with van der Waals surface area (Å²) < 4.78 is 26.8. The Kier molecular flexibility index (Phi) is 6.08. The maximum absolute atomic E-state index is 12.8. The highest BCUT2D eigenvalue weighted by molar-refractivity contribution is 7.89. The van der Waals surface area contributed by atoms with Crippen LogP contribution < -0.4 is 0 Å². The summed E-state index contributed by atoms with van der Waals surface area (Å²) in [6.07, 6.45) is 0. The average Bonchev–Trinajstić information content (AvgIpc) is 3.13. The van der Waals surface area contributed by atoms with Crippen LogP contribution >= 0.6 is 0 Å². The number of benzene rings is 3. The van der Waals surface area contributed by atoms with Crippen LogP contribution in [-0.2, 0) is 16.6 Å². The first-order chi connectivity index (χ1) is 15.8. The number of para-hydroxylation sites is 1. The van der Waals surface area contributed by atoms with Crippen LogP contribution in [0.1, 0.15) is 21.5 Å². The number of amides is 1. The molecule has 4 aromatic rings. The molecule has 0 saturated carbocycles. The molecule has 168 valence electrons. The molecule has 3 aromatic carbocycles. The molecule has 2 N–H and O–H groups in total. The van der Waals surface area contributed by atoms with Crippen LogP contribution in [0.4, 0.5) is 5.69 Å². The number of carbonyl (C=O) groups is 1. The van der Waals surface area contributed by atoms with E-state index in [1.54, 1.807) is 66.7 Å². The summed E-state index contributed by atoms with van der Waals surface area (Å²) in [6.45, 7) is 2.04. The molecule has 0 aliphatic heterocycles. The summed E-state index contributed by atoms with van der Waals surface area (Å²) in [6, 6.07) is 20.3. The molecular weight excluding hydrogens is 440 g/mol. The quantitative estimate of drug-likeness (QED) is 0.395. The first-order valence-electron chi connectivity index (χ1n) is 10.1. The normalized spacial score (nSPS) is 12.1. The van der Waals surface area contributed by atoms with Crippen molar-refractivity contribution in [2.45, 2.75) is 18.4 Å². The van der Waals surface area contributed by atoms with Crippen LogP contribution in [0, 0.1) is 6.92 Å². The van der Waals surface area contributed by atoms with Crippen LogP contribution in [0.2, 0.25) is 0 Å². The molecule has 0 unspecified atom stereocenters. The number of fused-ring (bicyclic) bond motifs is 1. The second-order valence-corrected chi connectivity index (χ2v) is 9.69. The van der Waals surface area contributed by atoms with Crippen LogP contribution in [0.5, 0.6) is 5.88 Å². The molecular formula is C24H22N4O4S. The maximum atomic E-state index is 12.8. The third kappa shape index (κ3) is 4.69. The number of nitrogens with one attached hydrogen (secondary N) is 1. The Morgan fingerprint density at radius 3 is 2.36 bits per heavy atom. The van der Waals surface area contributed by atoms with Crippen molar-refractivity contribution < 1.29 is 18.3 Å². The summed E-state index contributed by atoms with van der Waals surface area (Å²) in [7, 11) is -2.12. The minimum absolute atomic E-state index is 0.148. The zero-order valence-electron chi connectivity index (χ0n) is 18.1. The SMILES string of the molecule is Cc1ccc(S(=O)(=O)N(C)Cc2ccc(C(=O)N=Nc3c(O)[nH]c4ccccc34)cc2)cc1. The Morgan fingerprint density at radius 2 is 1.67 bits per heavy atom. The van der Waals surface area contributed by atoms with Gasteiger partial charge in [0.25, 0.3) is 5.91 Å². The Bertz CT molecular complexity index is 1440. The van der Waals surface area contributed by atoms with E-state index in [1.165, 1.54) is 11.4 Å². The number of aromatic hydroxyl groups is 1. The van der Waals surface area contributed by atoms with E-state index in [0.29, 0.717) is 16.5 Å².